The number of esters is 1. The topological polar surface area (TPSA) is 66.9 Å². The third-order valence-electron chi connectivity index (χ3n) is 4.53. The minimum absolute atomic E-state index is 0.0100. The number of nitrogens with zero attached hydrogens (tertiary/aromatic N) is 2. The molecule has 0 aromatic heterocycles. The smallest absolute Gasteiger partial charge is 0.310 e. The Morgan fingerprint density at radius 3 is 2.73 bits per heavy atom. The number of piperidine rings is 1. The van der Waals surface area contributed by atoms with Gasteiger partial charge in [-0.1, -0.05) is 15.9 Å². The molecule has 6 nitrogen and oxygen atoms in total. The molecule has 1 aliphatic heterocycles. The molecule has 1 fully saturated rings. The van der Waals surface area contributed by atoms with E-state index in [1.54, 1.807) is 24.9 Å². The Morgan fingerprint density at radius 1 is 1.35 bits per heavy atom. The highest BCUT2D eigenvalue weighted by molar-refractivity contribution is 9.10. The van der Waals surface area contributed by atoms with Crippen molar-refractivity contribution in [3.8, 4) is 0 Å². The largest absolute Gasteiger partial charge is 0.466 e. The molecule has 1 aliphatic rings. The van der Waals surface area contributed by atoms with E-state index in [0.717, 1.165) is 22.9 Å². The minimum atomic E-state index is -0.276. The number of ether oxygens (including phenoxy) is 1. The van der Waals surface area contributed by atoms with Gasteiger partial charge in [0.05, 0.1) is 19.1 Å². The average molecular weight is 425 g/mol. The molecule has 2 amide bonds. The monoisotopic (exact) mass is 424 g/mol. The number of likely N-dealkylation sites (tertiary alicyclic amines) is 1. The maximum atomic E-state index is 12.6. The molecular formula is C19H25BrN2O4. The van der Waals surface area contributed by atoms with Crippen molar-refractivity contribution < 1.29 is 19.1 Å². The molecule has 0 spiro atoms. The van der Waals surface area contributed by atoms with Crippen LogP contribution in [0.1, 0.15) is 35.7 Å². The fraction of sp³-hybridized carbons (Fsp3) is 0.526. The van der Waals surface area contributed by atoms with Crippen molar-refractivity contribution in [1.29, 1.82) is 0 Å². The second-order valence-corrected chi connectivity index (χ2v) is 7.47. The molecule has 142 valence electrons. The van der Waals surface area contributed by atoms with Gasteiger partial charge in [-0.15, -0.1) is 0 Å². The molecule has 7 heteroatoms. The Bertz CT molecular complexity index is 692. The van der Waals surface area contributed by atoms with Gasteiger partial charge in [-0.25, -0.2) is 0 Å². The number of carbonyl (C=O) groups is 3. The first kappa shape index (κ1) is 20.4. The van der Waals surface area contributed by atoms with E-state index in [1.165, 1.54) is 4.90 Å². The van der Waals surface area contributed by atoms with Gasteiger partial charge in [0.15, 0.2) is 0 Å². The highest BCUT2D eigenvalue weighted by atomic mass is 79.9. The van der Waals surface area contributed by atoms with Crippen molar-refractivity contribution in [2.45, 2.75) is 26.7 Å². The van der Waals surface area contributed by atoms with Crippen LogP contribution in [0.25, 0.3) is 0 Å². The van der Waals surface area contributed by atoms with Crippen molar-refractivity contribution in [2.75, 3.05) is 33.3 Å². The summed E-state index contributed by atoms with van der Waals surface area (Å²) in [6.45, 7) is 4.93. The minimum Gasteiger partial charge on any atom is -0.466 e. The van der Waals surface area contributed by atoms with E-state index in [-0.39, 0.29) is 30.2 Å². The van der Waals surface area contributed by atoms with E-state index in [2.05, 4.69) is 15.9 Å². The van der Waals surface area contributed by atoms with Gasteiger partial charge in [0.2, 0.25) is 5.91 Å². The number of hydrogen-bond acceptors (Lipinski definition) is 4. The highest BCUT2D eigenvalue weighted by Crippen LogP contribution is 2.19. The van der Waals surface area contributed by atoms with Crippen LogP contribution in [0.5, 0.6) is 0 Å². The van der Waals surface area contributed by atoms with E-state index in [9.17, 15) is 14.4 Å². The predicted molar refractivity (Wildman–Crippen MR) is 102 cm³/mol. The average Bonchev–Trinajstić information content (AvgIpc) is 2.61. The number of aryl methyl sites for hydroxylation is 1. The first-order valence-corrected chi connectivity index (χ1v) is 9.58. The van der Waals surface area contributed by atoms with E-state index in [4.69, 9.17) is 4.74 Å². The van der Waals surface area contributed by atoms with Crippen LogP contribution in [0.15, 0.2) is 22.7 Å². The van der Waals surface area contributed by atoms with Gasteiger partial charge < -0.3 is 14.5 Å². The molecule has 0 bridgehead atoms. The number of halogens is 1. The third-order valence-corrected chi connectivity index (χ3v) is 5.03. The molecule has 1 aromatic carbocycles. The first-order chi connectivity index (χ1) is 12.3. The lowest BCUT2D eigenvalue weighted by molar-refractivity contribution is -0.151. The van der Waals surface area contributed by atoms with Crippen LogP contribution in [0, 0.1) is 12.8 Å². The number of hydrogen-bond donors (Lipinski definition) is 0. The molecule has 2 rings (SSSR count). The molecule has 1 unspecified atom stereocenters. The zero-order valence-corrected chi connectivity index (χ0v) is 17.0. The second kappa shape index (κ2) is 9.16. The van der Waals surface area contributed by atoms with Crippen molar-refractivity contribution >= 4 is 33.7 Å². The molecule has 1 atom stereocenters. The summed E-state index contributed by atoms with van der Waals surface area (Å²) in [6.07, 6.45) is 1.49. The van der Waals surface area contributed by atoms with Gasteiger partial charge >= 0.3 is 5.97 Å². The number of likely N-dealkylation sites (N-methyl/N-ethyl adjacent to an activating group) is 1. The van der Waals surface area contributed by atoms with Crippen LogP contribution in [0.4, 0.5) is 0 Å². The summed E-state index contributed by atoms with van der Waals surface area (Å²) in [5.74, 6) is -0.866. The van der Waals surface area contributed by atoms with Gasteiger partial charge in [0, 0.05) is 30.2 Å². The van der Waals surface area contributed by atoms with Crippen LogP contribution in [-0.2, 0) is 14.3 Å². The lowest BCUT2D eigenvalue weighted by atomic mass is 9.98. The van der Waals surface area contributed by atoms with Crippen molar-refractivity contribution in [3.63, 3.8) is 0 Å². The molecule has 1 saturated heterocycles. The van der Waals surface area contributed by atoms with E-state index in [0.29, 0.717) is 25.3 Å². The third kappa shape index (κ3) is 5.06. The van der Waals surface area contributed by atoms with Crippen molar-refractivity contribution in [1.82, 2.24) is 9.80 Å². The summed E-state index contributed by atoms with van der Waals surface area (Å²) in [6, 6.07) is 5.43. The molecule has 0 saturated carbocycles. The normalized spacial score (nSPS) is 16.9. The first-order valence-electron chi connectivity index (χ1n) is 8.79. The maximum absolute atomic E-state index is 12.6. The zero-order chi connectivity index (χ0) is 19.3. The van der Waals surface area contributed by atoms with Crippen molar-refractivity contribution in [2.24, 2.45) is 5.92 Å². The number of rotatable bonds is 5. The molecular weight excluding hydrogens is 400 g/mol. The Morgan fingerprint density at radius 2 is 2.08 bits per heavy atom. The summed E-state index contributed by atoms with van der Waals surface area (Å²) in [7, 11) is 1.62. The van der Waals surface area contributed by atoms with Crippen LogP contribution in [-0.4, -0.2) is 60.9 Å². The van der Waals surface area contributed by atoms with Gasteiger partial charge in [-0.05, 0) is 50.5 Å². The fourth-order valence-electron chi connectivity index (χ4n) is 3.10. The number of carbonyl (C=O) groups excluding carboxylic acids is 3. The summed E-state index contributed by atoms with van der Waals surface area (Å²) >= 11 is 3.38. The van der Waals surface area contributed by atoms with E-state index >= 15 is 0 Å². The molecule has 0 radical (unpaired) electrons. The summed E-state index contributed by atoms with van der Waals surface area (Å²) < 4.78 is 5.97. The maximum Gasteiger partial charge on any atom is 0.310 e. The second-order valence-electron chi connectivity index (χ2n) is 6.55. The molecule has 1 aromatic rings. The van der Waals surface area contributed by atoms with Crippen LogP contribution in [0.2, 0.25) is 0 Å². The summed E-state index contributed by atoms with van der Waals surface area (Å²) in [5.41, 5.74) is 1.43. The van der Waals surface area contributed by atoms with Gasteiger partial charge in [-0.3, -0.25) is 14.4 Å². The standard InChI is InChI=1S/C19H25BrN2O4/c1-4-26-19(25)14-6-5-9-22(11-14)17(23)12-21(3)18(24)16-8-7-15(20)10-13(16)2/h7-8,10,14H,4-6,9,11-12H2,1-3H3. The van der Waals surface area contributed by atoms with Crippen LogP contribution in [0.3, 0.4) is 0 Å². The van der Waals surface area contributed by atoms with Gasteiger partial charge in [0.25, 0.3) is 5.91 Å². The number of benzene rings is 1. The molecule has 26 heavy (non-hydrogen) atoms. The Hall–Kier alpha value is -1.89. The number of amides is 2. The van der Waals surface area contributed by atoms with Crippen LogP contribution >= 0.6 is 15.9 Å². The molecule has 1 heterocycles. The highest BCUT2D eigenvalue weighted by Gasteiger charge is 2.30. The lowest BCUT2D eigenvalue weighted by Crippen LogP contribution is -2.47. The Labute approximate surface area is 162 Å². The summed E-state index contributed by atoms with van der Waals surface area (Å²) in [5, 5.41) is 0. The SMILES string of the molecule is CCOC(=O)C1CCCN(C(=O)CN(C)C(=O)c2ccc(Br)cc2C)C1. The molecule has 0 aliphatic carbocycles. The Kier molecular flexibility index (Phi) is 7.20. The lowest BCUT2D eigenvalue weighted by Gasteiger charge is -2.32. The van der Waals surface area contributed by atoms with Crippen LogP contribution < -0.4 is 0 Å². The van der Waals surface area contributed by atoms with E-state index < -0.39 is 0 Å². The quantitative estimate of drug-likeness (QED) is 0.681. The Balaban J connectivity index is 1.97. The van der Waals surface area contributed by atoms with Gasteiger partial charge in [0.1, 0.15) is 0 Å². The van der Waals surface area contributed by atoms with Gasteiger partial charge in [-0.2, -0.15) is 0 Å². The summed E-state index contributed by atoms with van der Waals surface area (Å²) in [4.78, 5) is 40.2. The van der Waals surface area contributed by atoms with E-state index in [1.807, 2.05) is 19.1 Å². The predicted octanol–water partition coefficient (Wildman–Crippen LogP) is 2.63. The fourth-order valence-corrected chi connectivity index (χ4v) is 3.58. The zero-order valence-electron chi connectivity index (χ0n) is 15.5. The molecule has 0 N–H and O–H groups in total. The van der Waals surface area contributed by atoms with Crippen molar-refractivity contribution in [3.05, 3.63) is 33.8 Å².